The van der Waals surface area contributed by atoms with Crippen LogP contribution in [0.15, 0.2) is 54.7 Å². The Morgan fingerprint density at radius 3 is 2.50 bits per heavy atom. The molecular weight excluding hydrogens is 278 g/mol. The summed E-state index contributed by atoms with van der Waals surface area (Å²) in [5.74, 6) is 1.60. The van der Waals surface area contributed by atoms with Gasteiger partial charge in [-0.3, -0.25) is 4.79 Å². The lowest BCUT2D eigenvalue weighted by atomic mass is 10.2. The van der Waals surface area contributed by atoms with Crippen molar-refractivity contribution in [2.24, 2.45) is 0 Å². The number of aromatic nitrogens is 1. The van der Waals surface area contributed by atoms with Gasteiger partial charge in [-0.2, -0.15) is 0 Å². The van der Waals surface area contributed by atoms with Gasteiger partial charge in [-0.25, -0.2) is 0 Å². The van der Waals surface area contributed by atoms with E-state index in [4.69, 9.17) is 9.47 Å². The van der Waals surface area contributed by atoms with Crippen LogP contribution in [0.25, 0.3) is 10.9 Å². The number of ether oxygens (including phenoxy) is 2. The molecule has 0 aliphatic rings. The van der Waals surface area contributed by atoms with Crippen molar-refractivity contribution in [1.82, 2.24) is 4.57 Å². The minimum absolute atomic E-state index is 0.531. The summed E-state index contributed by atoms with van der Waals surface area (Å²) in [4.78, 5) is 11.1. The Labute approximate surface area is 128 Å². The Hall–Kier alpha value is -2.75. The fraction of sp³-hybridized carbons (Fsp3) is 0.167. The molecule has 0 saturated heterocycles. The number of rotatable bonds is 6. The monoisotopic (exact) mass is 295 g/mol. The number of nitrogens with zero attached hydrogens (tertiary/aromatic N) is 1. The van der Waals surface area contributed by atoms with E-state index in [1.807, 2.05) is 59.3 Å². The molecular formula is C18H17NO3. The molecule has 0 fully saturated rings. The zero-order chi connectivity index (χ0) is 15.4. The van der Waals surface area contributed by atoms with E-state index in [0.717, 1.165) is 28.7 Å². The van der Waals surface area contributed by atoms with Gasteiger partial charge in [0.15, 0.2) is 6.29 Å². The highest BCUT2D eigenvalue weighted by atomic mass is 16.5. The van der Waals surface area contributed by atoms with Crippen molar-refractivity contribution in [1.29, 1.82) is 0 Å². The second kappa shape index (κ2) is 6.35. The van der Waals surface area contributed by atoms with Gasteiger partial charge in [0.1, 0.15) is 18.1 Å². The average molecular weight is 295 g/mol. The van der Waals surface area contributed by atoms with Gasteiger partial charge >= 0.3 is 0 Å². The largest absolute Gasteiger partial charge is 0.497 e. The molecule has 0 radical (unpaired) electrons. The minimum Gasteiger partial charge on any atom is -0.497 e. The highest BCUT2D eigenvalue weighted by Crippen LogP contribution is 2.20. The number of aldehydes is 1. The van der Waals surface area contributed by atoms with E-state index < -0.39 is 0 Å². The number of methoxy groups -OCH3 is 1. The van der Waals surface area contributed by atoms with Crippen LogP contribution in [0.4, 0.5) is 0 Å². The summed E-state index contributed by atoms with van der Waals surface area (Å²) in [6.07, 6.45) is 2.76. The predicted molar refractivity (Wildman–Crippen MR) is 85.8 cm³/mol. The zero-order valence-electron chi connectivity index (χ0n) is 12.4. The van der Waals surface area contributed by atoms with E-state index in [-0.39, 0.29) is 0 Å². The van der Waals surface area contributed by atoms with E-state index in [0.29, 0.717) is 18.7 Å². The third kappa shape index (κ3) is 2.81. The maximum atomic E-state index is 11.1. The molecule has 0 bridgehead atoms. The van der Waals surface area contributed by atoms with E-state index in [2.05, 4.69) is 0 Å². The summed E-state index contributed by atoms with van der Waals surface area (Å²) in [7, 11) is 1.64. The SMILES string of the molecule is COc1ccc(OCCn2cc(C=O)c3ccccc32)cc1. The van der Waals surface area contributed by atoms with Crippen LogP contribution in [0.1, 0.15) is 10.4 Å². The summed E-state index contributed by atoms with van der Waals surface area (Å²) in [5.41, 5.74) is 1.75. The fourth-order valence-electron chi connectivity index (χ4n) is 2.49. The molecule has 0 spiro atoms. The van der Waals surface area contributed by atoms with E-state index in [1.54, 1.807) is 7.11 Å². The molecule has 0 amide bonds. The summed E-state index contributed by atoms with van der Waals surface area (Å²) in [5, 5.41) is 0.974. The molecule has 0 aliphatic carbocycles. The molecule has 112 valence electrons. The first-order valence-electron chi connectivity index (χ1n) is 7.11. The quantitative estimate of drug-likeness (QED) is 0.653. The molecule has 22 heavy (non-hydrogen) atoms. The maximum Gasteiger partial charge on any atom is 0.152 e. The van der Waals surface area contributed by atoms with Gasteiger partial charge in [0, 0.05) is 22.7 Å². The Morgan fingerprint density at radius 1 is 1.05 bits per heavy atom. The lowest BCUT2D eigenvalue weighted by molar-refractivity contribution is 0.112. The molecule has 3 rings (SSSR count). The molecule has 3 aromatic rings. The summed E-state index contributed by atoms with van der Waals surface area (Å²) < 4.78 is 12.9. The number of fused-ring (bicyclic) bond motifs is 1. The highest BCUT2D eigenvalue weighted by Gasteiger charge is 2.07. The molecule has 4 heteroatoms. The van der Waals surface area contributed by atoms with Crippen LogP contribution < -0.4 is 9.47 Å². The molecule has 4 nitrogen and oxygen atoms in total. The summed E-state index contributed by atoms with van der Waals surface area (Å²) in [6, 6.07) is 15.4. The van der Waals surface area contributed by atoms with Crippen molar-refractivity contribution in [2.75, 3.05) is 13.7 Å². The second-order valence-electron chi connectivity index (χ2n) is 4.94. The second-order valence-corrected chi connectivity index (χ2v) is 4.94. The van der Waals surface area contributed by atoms with E-state index >= 15 is 0 Å². The Morgan fingerprint density at radius 2 is 1.77 bits per heavy atom. The van der Waals surface area contributed by atoms with Crippen molar-refractivity contribution in [3.63, 3.8) is 0 Å². The van der Waals surface area contributed by atoms with Gasteiger partial charge in [-0.15, -0.1) is 0 Å². The first-order chi connectivity index (χ1) is 10.8. The molecule has 1 heterocycles. The Bertz CT molecular complexity index is 775. The standard InChI is InChI=1S/C18H17NO3/c1-21-15-6-8-16(9-7-15)22-11-10-19-12-14(13-20)17-4-2-3-5-18(17)19/h2-9,12-13H,10-11H2,1H3. The summed E-state index contributed by atoms with van der Waals surface area (Å²) >= 11 is 0. The van der Waals surface area contributed by atoms with Crippen molar-refractivity contribution >= 4 is 17.2 Å². The van der Waals surface area contributed by atoms with Crippen LogP contribution in [-0.2, 0) is 6.54 Å². The molecule has 1 aromatic heterocycles. The number of benzene rings is 2. The molecule has 2 aromatic carbocycles. The molecule has 0 saturated carbocycles. The van der Waals surface area contributed by atoms with Gasteiger partial charge in [-0.05, 0) is 30.3 Å². The maximum absolute atomic E-state index is 11.1. The first-order valence-corrected chi connectivity index (χ1v) is 7.11. The fourth-order valence-corrected chi connectivity index (χ4v) is 2.49. The molecule has 0 atom stereocenters. The summed E-state index contributed by atoms with van der Waals surface area (Å²) in [6.45, 7) is 1.21. The van der Waals surface area contributed by atoms with Crippen molar-refractivity contribution < 1.29 is 14.3 Å². The number of hydrogen-bond donors (Lipinski definition) is 0. The third-order valence-electron chi connectivity index (χ3n) is 3.61. The topological polar surface area (TPSA) is 40.5 Å². The van der Waals surface area contributed by atoms with Crippen molar-refractivity contribution in [3.8, 4) is 11.5 Å². The van der Waals surface area contributed by atoms with E-state index in [9.17, 15) is 4.79 Å². The van der Waals surface area contributed by atoms with Crippen LogP contribution in [0.5, 0.6) is 11.5 Å². The van der Waals surface area contributed by atoms with Gasteiger partial charge in [0.25, 0.3) is 0 Å². The van der Waals surface area contributed by atoms with Crippen LogP contribution in [0.3, 0.4) is 0 Å². The highest BCUT2D eigenvalue weighted by molar-refractivity contribution is 5.97. The lowest BCUT2D eigenvalue weighted by Crippen LogP contribution is -2.07. The predicted octanol–water partition coefficient (Wildman–Crippen LogP) is 3.54. The molecule has 0 aliphatic heterocycles. The first kappa shape index (κ1) is 14.2. The third-order valence-corrected chi connectivity index (χ3v) is 3.61. The molecule has 0 unspecified atom stereocenters. The Kier molecular flexibility index (Phi) is 4.10. The number of carbonyl (C=O) groups excluding carboxylic acids is 1. The number of para-hydroxylation sites is 1. The van der Waals surface area contributed by atoms with Gasteiger partial charge < -0.3 is 14.0 Å². The lowest BCUT2D eigenvalue weighted by Gasteiger charge is -2.09. The van der Waals surface area contributed by atoms with Crippen LogP contribution >= 0.6 is 0 Å². The number of carbonyl (C=O) groups is 1. The normalized spacial score (nSPS) is 10.6. The van der Waals surface area contributed by atoms with Crippen molar-refractivity contribution in [2.45, 2.75) is 6.54 Å². The van der Waals surface area contributed by atoms with Crippen molar-refractivity contribution in [3.05, 3.63) is 60.3 Å². The smallest absolute Gasteiger partial charge is 0.152 e. The van der Waals surface area contributed by atoms with Crippen LogP contribution in [0.2, 0.25) is 0 Å². The Balaban J connectivity index is 1.70. The van der Waals surface area contributed by atoms with Crippen LogP contribution in [0, 0.1) is 0 Å². The van der Waals surface area contributed by atoms with Gasteiger partial charge in [0.05, 0.1) is 13.7 Å². The van der Waals surface area contributed by atoms with Crippen LogP contribution in [-0.4, -0.2) is 24.6 Å². The van der Waals surface area contributed by atoms with Gasteiger partial charge in [-0.1, -0.05) is 18.2 Å². The zero-order valence-corrected chi connectivity index (χ0v) is 12.4. The average Bonchev–Trinajstić information content (AvgIpc) is 2.94. The molecule has 0 N–H and O–H groups in total. The minimum atomic E-state index is 0.531. The number of hydrogen-bond acceptors (Lipinski definition) is 3. The van der Waals surface area contributed by atoms with Gasteiger partial charge in [0.2, 0.25) is 0 Å². The van der Waals surface area contributed by atoms with E-state index in [1.165, 1.54) is 0 Å².